The summed E-state index contributed by atoms with van der Waals surface area (Å²) in [5.41, 5.74) is 1.02. The van der Waals surface area contributed by atoms with Crippen LogP contribution in [-0.4, -0.2) is 40.9 Å². The van der Waals surface area contributed by atoms with Crippen molar-refractivity contribution in [1.29, 1.82) is 0 Å². The van der Waals surface area contributed by atoms with E-state index in [0.717, 1.165) is 4.47 Å². The van der Waals surface area contributed by atoms with Crippen LogP contribution in [0, 0.1) is 11.8 Å². The average molecular weight is 450 g/mol. The number of imide groups is 1. The number of hydrazone groups is 1. The molecule has 6 nitrogen and oxygen atoms in total. The van der Waals surface area contributed by atoms with Gasteiger partial charge in [-0.1, -0.05) is 52.3 Å². The molecule has 0 N–H and O–H groups in total. The number of hydrogen-bond donors (Lipinski definition) is 0. The summed E-state index contributed by atoms with van der Waals surface area (Å²) in [5.74, 6) is -2.26. The van der Waals surface area contributed by atoms with E-state index in [1.165, 1.54) is 4.90 Å². The zero-order valence-corrected chi connectivity index (χ0v) is 16.8. The Morgan fingerprint density at radius 2 is 1.62 bits per heavy atom. The summed E-state index contributed by atoms with van der Waals surface area (Å²) in [6.07, 6.45) is 5.19. The largest absolute Gasteiger partial charge is 0.292 e. The molecule has 0 aromatic heterocycles. The van der Waals surface area contributed by atoms with E-state index in [1.54, 1.807) is 65.8 Å². The fourth-order valence-corrected chi connectivity index (χ4v) is 4.72. The van der Waals surface area contributed by atoms with Crippen molar-refractivity contribution in [1.82, 2.24) is 5.01 Å². The smallest absolute Gasteiger partial charge is 0.240 e. The number of benzene rings is 2. The van der Waals surface area contributed by atoms with E-state index >= 15 is 0 Å². The Bertz CT molecular complexity index is 1060. The molecular formula is C22H16BrN3O3. The highest BCUT2D eigenvalue weighted by atomic mass is 79.9. The van der Waals surface area contributed by atoms with Crippen LogP contribution in [0.2, 0.25) is 0 Å². The van der Waals surface area contributed by atoms with Gasteiger partial charge in [0.2, 0.25) is 11.8 Å². The molecule has 29 heavy (non-hydrogen) atoms. The van der Waals surface area contributed by atoms with Crippen molar-refractivity contribution in [2.24, 2.45) is 16.9 Å². The van der Waals surface area contributed by atoms with Crippen molar-refractivity contribution in [2.75, 3.05) is 4.90 Å². The Morgan fingerprint density at radius 3 is 2.34 bits per heavy atom. The molecule has 5 rings (SSSR count). The number of carbonyl (C=O) groups excluding carboxylic acids is 3. The number of allylic oxidation sites excluding steroid dienone is 1. The van der Waals surface area contributed by atoms with E-state index in [2.05, 4.69) is 21.0 Å². The van der Waals surface area contributed by atoms with Gasteiger partial charge in [-0.15, -0.1) is 0 Å². The van der Waals surface area contributed by atoms with Gasteiger partial charge < -0.3 is 0 Å². The van der Waals surface area contributed by atoms with Crippen molar-refractivity contribution in [3.8, 4) is 0 Å². The van der Waals surface area contributed by atoms with Gasteiger partial charge in [0.25, 0.3) is 0 Å². The van der Waals surface area contributed by atoms with Crippen LogP contribution >= 0.6 is 15.9 Å². The van der Waals surface area contributed by atoms with Gasteiger partial charge in [0.1, 0.15) is 6.04 Å². The molecular weight excluding hydrogens is 434 g/mol. The van der Waals surface area contributed by atoms with Crippen LogP contribution in [0.3, 0.4) is 0 Å². The molecule has 2 aromatic rings. The van der Waals surface area contributed by atoms with Gasteiger partial charge in [-0.3, -0.25) is 19.4 Å². The topological polar surface area (TPSA) is 70.0 Å². The number of rotatable bonds is 3. The molecule has 0 radical (unpaired) electrons. The van der Waals surface area contributed by atoms with Crippen LogP contribution in [0.25, 0.3) is 0 Å². The van der Waals surface area contributed by atoms with E-state index in [9.17, 15) is 14.4 Å². The highest BCUT2D eigenvalue weighted by molar-refractivity contribution is 9.10. The molecule has 3 heterocycles. The first-order valence-corrected chi connectivity index (χ1v) is 10.1. The van der Waals surface area contributed by atoms with Crippen LogP contribution in [-0.2, 0) is 9.59 Å². The minimum Gasteiger partial charge on any atom is -0.292 e. The van der Waals surface area contributed by atoms with Gasteiger partial charge in [0, 0.05) is 16.3 Å². The second-order valence-corrected chi connectivity index (χ2v) is 8.15. The van der Waals surface area contributed by atoms with Crippen molar-refractivity contribution >= 4 is 45.4 Å². The lowest BCUT2D eigenvalue weighted by atomic mass is 9.86. The van der Waals surface area contributed by atoms with Crippen molar-refractivity contribution in [2.45, 2.75) is 12.1 Å². The number of amides is 2. The molecule has 2 amide bonds. The predicted molar refractivity (Wildman–Crippen MR) is 111 cm³/mol. The summed E-state index contributed by atoms with van der Waals surface area (Å²) < 4.78 is 0.855. The number of Topliss-reactive ketones (excluding diaryl/α,β-unsaturated/α-hetero) is 1. The lowest BCUT2D eigenvalue weighted by molar-refractivity contribution is -0.123. The highest BCUT2D eigenvalue weighted by Gasteiger charge is 2.64. The number of ketones is 1. The maximum Gasteiger partial charge on any atom is 0.240 e. The molecule has 0 saturated carbocycles. The fourth-order valence-electron chi connectivity index (χ4n) is 4.46. The summed E-state index contributed by atoms with van der Waals surface area (Å²) in [6, 6.07) is 14.6. The summed E-state index contributed by atoms with van der Waals surface area (Å²) in [6.45, 7) is 0. The number of carbonyl (C=O) groups is 3. The third-order valence-electron chi connectivity index (χ3n) is 5.70. The molecule has 0 unspecified atom stereocenters. The lowest BCUT2D eigenvalue weighted by Crippen LogP contribution is -2.46. The molecule has 7 heteroatoms. The van der Waals surface area contributed by atoms with E-state index in [-0.39, 0.29) is 17.6 Å². The van der Waals surface area contributed by atoms with Crippen molar-refractivity contribution in [3.05, 3.63) is 76.8 Å². The minimum absolute atomic E-state index is 0.200. The monoisotopic (exact) mass is 449 g/mol. The predicted octanol–water partition coefficient (Wildman–Crippen LogP) is 3.05. The standard InChI is InChI=1S/C22H16BrN3O3/c23-14-8-10-15(11-9-14)25-21(28)17-16-7-4-12-24-26(16)19(18(17)22(25)29)20(27)13-5-2-1-3-6-13/h1-12,16-19H/t16-,17+,18-,19+/m1/s1. The van der Waals surface area contributed by atoms with Gasteiger partial charge >= 0.3 is 0 Å². The minimum atomic E-state index is -0.814. The van der Waals surface area contributed by atoms with Gasteiger partial charge in [0.15, 0.2) is 5.78 Å². The molecule has 4 atom stereocenters. The highest BCUT2D eigenvalue weighted by Crippen LogP contribution is 2.46. The summed E-state index contributed by atoms with van der Waals surface area (Å²) in [7, 11) is 0. The maximum atomic E-state index is 13.4. The average Bonchev–Trinajstić information content (AvgIpc) is 3.22. The number of halogens is 1. The second-order valence-electron chi connectivity index (χ2n) is 7.24. The van der Waals surface area contributed by atoms with Crippen LogP contribution in [0.1, 0.15) is 10.4 Å². The Hall–Kier alpha value is -3.06. The van der Waals surface area contributed by atoms with E-state index in [0.29, 0.717) is 11.3 Å². The second kappa shape index (κ2) is 6.77. The SMILES string of the molecule is O=C(c1ccccc1)[C@@H]1[C@@H]2C(=O)N(c3ccc(Br)cc3)C(=O)[C@H]2[C@H]2C=CC=NN21. The van der Waals surface area contributed by atoms with Crippen LogP contribution in [0.4, 0.5) is 5.69 Å². The first-order valence-electron chi connectivity index (χ1n) is 9.29. The molecule has 3 aliphatic heterocycles. The fraction of sp³-hybridized carbons (Fsp3) is 0.182. The Morgan fingerprint density at radius 1 is 0.931 bits per heavy atom. The van der Waals surface area contributed by atoms with Gasteiger partial charge in [-0.2, -0.15) is 5.10 Å². The summed E-state index contributed by atoms with van der Waals surface area (Å²) >= 11 is 3.37. The molecule has 3 aliphatic rings. The van der Waals surface area contributed by atoms with Crippen LogP contribution in [0.5, 0.6) is 0 Å². The number of anilines is 1. The zero-order chi connectivity index (χ0) is 20.1. The van der Waals surface area contributed by atoms with Crippen molar-refractivity contribution in [3.63, 3.8) is 0 Å². The zero-order valence-electron chi connectivity index (χ0n) is 15.2. The van der Waals surface area contributed by atoms with Gasteiger partial charge in [-0.25, -0.2) is 4.90 Å². The quantitative estimate of drug-likeness (QED) is 0.533. The molecule has 144 valence electrons. The van der Waals surface area contributed by atoms with E-state index in [4.69, 9.17) is 0 Å². The molecule has 0 aliphatic carbocycles. The number of nitrogens with zero attached hydrogens (tertiary/aromatic N) is 3. The lowest BCUT2D eigenvalue weighted by Gasteiger charge is -2.30. The van der Waals surface area contributed by atoms with Crippen LogP contribution < -0.4 is 4.90 Å². The van der Waals surface area contributed by atoms with E-state index < -0.39 is 23.9 Å². The third kappa shape index (κ3) is 2.68. The van der Waals surface area contributed by atoms with E-state index in [1.807, 2.05) is 12.1 Å². The van der Waals surface area contributed by atoms with Gasteiger partial charge in [-0.05, 0) is 30.3 Å². The molecule has 2 aromatic carbocycles. The summed E-state index contributed by atoms with van der Waals surface area (Å²) in [5, 5.41) is 5.98. The van der Waals surface area contributed by atoms with Crippen LogP contribution in [0.15, 0.2) is 76.3 Å². The van der Waals surface area contributed by atoms with Crippen molar-refractivity contribution < 1.29 is 14.4 Å². The summed E-state index contributed by atoms with van der Waals surface area (Å²) in [4.78, 5) is 41.3. The third-order valence-corrected chi connectivity index (χ3v) is 6.23. The first kappa shape index (κ1) is 18.0. The molecule has 2 fully saturated rings. The molecule has 2 saturated heterocycles. The molecule has 0 spiro atoms. The number of hydrogen-bond acceptors (Lipinski definition) is 5. The Labute approximate surface area is 175 Å². The Balaban J connectivity index is 1.58. The first-order chi connectivity index (χ1) is 14.1. The number of fused-ring (bicyclic) bond motifs is 3. The maximum absolute atomic E-state index is 13.4. The normalized spacial score (nSPS) is 27.3. The van der Waals surface area contributed by atoms with Gasteiger partial charge in [0.05, 0.1) is 23.6 Å². The molecule has 0 bridgehead atoms. The Kier molecular flexibility index (Phi) is 4.20.